The van der Waals surface area contributed by atoms with Crippen molar-refractivity contribution in [2.24, 2.45) is 11.8 Å². The lowest BCUT2D eigenvalue weighted by molar-refractivity contribution is -0.385. The third-order valence-electron chi connectivity index (χ3n) is 4.42. The van der Waals surface area contributed by atoms with Gasteiger partial charge in [-0.15, -0.1) is 0 Å². The van der Waals surface area contributed by atoms with E-state index >= 15 is 0 Å². The summed E-state index contributed by atoms with van der Waals surface area (Å²) in [6.45, 7) is 11.0. The van der Waals surface area contributed by atoms with Crippen LogP contribution in [-0.2, 0) is 6.42 Å². The second-order valence-electron chi connectivity index (χ2n) is 7.05. The van der Waals surface area contributed by atoms with Crippen molar-refractivity contribution in [3.63, 3.8) is 0 Å². The Morgan fingerprint density at radius 3 is 2.62 bits per heavy atom. The van der Waals surface area contributed by atoms with Gasteiger partial charge in [-0.25, -0.2) is 0 Å². The smallest absolute Gasteiger partial charge is 0.322 e. The Morgan fingerprint density at radius 1 is 1.46 bits per heavy atom. The van der Waals surface area contributed by atoms with Crippen LogP contribution < -0.4 is 5.32 Å². The number of aryl methyl sites for hydroxylation is 1. The molecule has 1 amide bonds. The zero-order chi connectivity index (χ0) is 17.9. The van der Waals surface area contributed by atoms with Gasteiger partial charge in [-0.05, 0) is 31.6 Å². The number of hydrogen-bond acceptors (Lipinski definition) is 5. The van der Waals surface area contributed by atoms with Crippen LogP contribution in [0.2, 0.25) is 0 Å². The summed E-state index contributed by atoms with van der Waals surface area (Å²) in [7, 11) is 0. The fourth-order valence-corrected chi connectivity index (χ4v) is 3.64. The van der Waals surface area contributed by atoms with Crippen molar-refractivity contribution in [1.29, 1.82) is 0 Å². The Kier molecular flexibility index (Phi) is 5.93. The molecule has 0 bridgehead atoms. The summed E-state index contributed by atoms with van der Waals surface area (Å²) in [5, 5.41) is 20.5. The number of aromatic nitrogens is 2. The van der Waals surface area contributed by atoms with Gasteiger partial charge in [0.1, 0.15) is 5.69 Å². The van der Waals surface area contributed by atoms with Crippen molar-refractivity contribution in [3.05, 3.63) is 21.5 Å². The summed E-state index contributed by atoms with van der Waals surface area (Å²) in [4.78, 5) is 25.4. The summed E-state index contributed by atoms with van der Waals surface area (Å²) in [6, 6.07) is -0.101. The fourth-order valence-electron chi connectivity index (χ4n) is 3.64. The van der Waals surface area contributed by atoms with Gasteiger partial charge < -0.3 is 10.2 Å². The molecule has 0 radical (unpaired) electrons. The maximum absolute atomic E-state index is 12.4. The molecule has 1 aliphatic heterocycles. The highest BCUT2D eigenvalue weighted by Gasteiger charge is 2.29. The number of hydrogen-bond donors (Lipinski definition) is 2. The minimum Gasteiger partial charge on any atom is -0.347 e. The Bertz CT molecular complexity index is 591. The molecule has 0 aliphatic carbocycles. The van der Waals surface area contributed by atoms with Crippen molar-refractivity contribution in [2.75, 3.05) is 19.6 Å². The van der Waals surface area contributed by atoms with Gasteiger partial charge in [0.15, 0.2) is 0 Å². The number of piperidine rings is 1. The third-order valence-corrected chi connectivity index (χ3v) is 4.42. The molecule has 24 heavy (non-hydrogen) atoms. The molecule has 134 valence electrons. The van der Waals surface area contributed by atoms with E-state index in [9.17, 15) is 14.9 Å². The minimum absolute atomic E-state index is 0.101. The van der Waals surface area contributed by atoms with Crippen LogP contribution >= 0.6 is 0 Å². The number of aromatic amines is 1. The number of rotatable bonds is 6. The lowest BCUT2D eigenvalue weighted by Gasteiger charge is -2.36. The lowest BCUT2D eigenvalue weighted by atomic mass is 9.92. The minimum atomic E-state index is -0.546. The average Bonchev–Trinajstić information content (AvgIpc) is 2.89. The van der Waals surface area contributed by atoms with Crippen LogP contribution in [0.15, 0.2) is 0 Å². The highest BCUT2D eigenvalue weighted by Crippen LogP contribution is 2.22. The van der Waals surface area contributed by atoms with Gasteiger partial charge >= 0.3 is 5.69 Å². The number of likely N-dealkylation sites (tertiary alicyclic amines) is 1. The number of H-pyrrole nitrogens is 1. The summed E-state index contributed by atoms with van der Waals surface area (Å²) in [5.74, 6) is 0.802. The van der Waals surface area contributed by atoms with Crippen molar-refractivity contribution in [3.8, 4) is 0 Å². The topological polar surface area (TPSA) is 104 Å². The molecular formula is C16H27N5O3. The number of nitro groups is 1. The average molecular weight is 337 g/mol. The SMILES string of the molecule is CCc1[nH]nc(C(=O)N[C@@H](C)CN2C[C@H](C)C[C@H](C)C2)c1[N+](=O)[O-]. The molecule has 2 heterocycles. The standard InChI is InChI=1S/C16H27N5O3/c1-5-13-15(21(23)24)14(19-18-13)16(22)17-12(4)9-20-7-10(2)6-11(3)8-20/h10-12H,5-9H2,1-4H3,(H,17,22)(H,18,19)/t10-,11+,12-/m0/s1. The normalized spacial score (nSPS) is 23.0. The Hall–Kier alpha value is -1.96. The summed E-state index contributed by atoms with van der Waals surface area (Å²) >= 11 is 0. The molecule has 1 aromatic rings. The maximum atomic E-state index is 12.4. The molecule has 0 aromatic carbocycles. The van der Waals surface area contributed by atoms with Gasteiger partial charge in [0.25, 0.3) is 5.91 Å². The van der Waals surface area contributed by atoms with E-state index < -0.39 is 10.8 Å². The van der Waals surface area contributed by atoms with Crippen LogP contribution in [0, 0.1) is 22.0 Å². The van der Waals surface area contributed by atoms with Gasteiger partial charge in [0, 0.05) is 25.7 Å². The Labute approximate surface area is 142 Å². The molecule has 8 nitrogen and oxygen atoms in total. The van der Waals surface area contributed by atoms with Crippen LogP contribution in [0.1, 0.15) is 50.3 Å². The van der Waals surface area contributed by atoms with Crippen LogP contribution in [0.5, 0.6) is 0 Å². The predicted molar refractivity (Wildman–Crippen MR) is 90.9 cm³/mol. The van der Waals surface area contributed by atoms with Crippen LogP contribution in [0.4, 0.5) is 5.69 Å². The second kappa shape index (κ2) is 7.74. The van der Waals surface area contributed by atoms with E-state index in [2.05, 4.69) is 34.3 Å². The molecule has 1 aromatic heterocycles. The summed E-state index contributed by atoms with van der Waals surface area (Å²) < 4.78 is 0. The van der Waals surface area contributed by atoms with Gasteiger partial charge in [-0.2, -0.15) is 5.10 Å². The van der Waals surface area contributed by atoms with E-state index in [-0.39, 0.29) is 17.4 Å². The highest BCUT2D eigenvalue weighted by atomic mass is 16.6. The Morgan fingerprint density at radius 2 is 2.08 bits per heavy atom. The summed E-state index contributed by atoms with van der Waals surface area (Å²) in [6.07, 6.45) is 1.66. The molecule has 2 N–H and O–H groups in total. The molecule has 1 fully saturated rings. The maximum Gasteiger partial charge on any atom is 0.322 e. The second-order valence-corrected chi connectivity index (χ2v) is 7.05. The van der Waals surface area contributed by atoms with E-state index in [4.69, 9.17) is 0 Å². The molecule has 0 spiro atoms. The van der Waals surface area contributed by atoms with Crippen LogP contribution in [0.3, 0.4) is 0 Å². The quantitative estimate of drug-likeness (QED) is 0.610. The fraction of sp³-hybridized carbons (Fsp3) is 0.750. The van der Waals surface area contributed by atoms with Crippen molar-refractivity contribution < 1.29 is 9.72 Å². The molecule has 0 saturated carbocycles. The highest BCUT2D eigenvalue weighted by molar-refractivity contribution is 5.96. The molecule has 1 aliphatic rings. The molecule has 2 rings (SSSR count). The monoisotopic (exact) mass is 337 g/mol. The first-order chi connectivity index (χ1) is 11.3. The van der Waals surface area contributed by atoms with Gasteiger partial charge in [0.05, 0.1) is 4.92 Å². The summed E-state index contributed by atoms with van der Waals surface area (Å²) in [5.41, 5.74) is 0.0166. The van der Waals surface area contributed by atoms with E-state index in [0.29, 0.717) is 24.0 Å². The number of nitrogens with one attached hydrogen (secondary N) is 2. The van der Waals surface area contributed by atoms with Gasteiger partial charge in [-0.1, -0.05) is 20.8 Å². The van der Waals surface area contributed by atoms with E-state index in [1.54, 1.807) is 6.92 Å². The number of nitrogens with zero attached hydrogens (tertiary/aromatic N) is 3. The largest absolute Gasteiger partial charge is 0.347 e. The van der Waals surface area contributed by atoms with Gasteiger partial charge in [-0.3, -0.25) is 20.0 Å². The van der Waals surface area contributed by atoms with E-state index in [1.807, 2.05) is 6.92 Å². The van der Waals surface area contributed by atoms with E-state index in [1.165, 1.54) is 6.42 Å². The number of carbonyl (C=O) groups is 1. The van der Waals surface area contributed by atoms with E-state index in [0.717, 1.165) is 19.6 Å². The first-order valence-corrected chi connectivity index (χ1v) is 8.56. The van der Waals surface area contributed by atoms with Crippen molar-refractivity contribution in [2.45, 2.75) is 46.6 Å². The number of carbonyl (C=O) groups excluding carboxylic acids is 1. The van der Waals surface area contributed by atoms with Crippen LogP contribution in [-0.4, -0.2) is 51.6 Å². The van der Waals surface area contributed by atoms with Crippen molar-refractivity contribution in [1.82, 2.24) is 20.4 Å². The molecule has 3 atom stereocenters. The van der Waals surface area contributed by atoms with Crippen molar-refractivity contribution >= 4 is 11.6 Å². The molecule has 1 saturated heterocycles. The zero-order valence-corrected chi connectivity index (χ0v) is 14.8. The number of amides is 1. The first kappa shape index (κ1) is 18.4. The predicted octanol–water partition coefficient (Wildman–Crippen LogP) is 1.98. The lowest BCUT2D eigenvalue weighted by Crippen LogP contribution is -2.47. The first-order valence-electron chi connectivity index (χ1n) is 8.56. The molecular weight excluding hydrogens is 310 g/mol. The third kappa shape index (κ3) is 4.31. The van der Waals surface area contributed by atoms with Crippen LogP contribution in [0.25, 0.3) is 0 Å². The van der Waals surface area contributed by atoms with Gasteiger partial charge in [0.2, 0.25) is 5.69 Å². The molecule has 8 heteroatoms. The Balaban J connectivity index is 1.99. The zero-order valence-electron chi connectivity index (χ0n) is 14.8. The molecule has 0 unspecified atom stereocenters.